The first-order valence-electron chi connectivity index (χ1n) is 5.85. The minimum Gasteiger partial charge on any atom is -0.338 e. The largest absolute Gasteiger partial charge is 0.338 e. The van der Waals surface area contributed by atoms with E-state index in [1.54, 1.807) is 12.3 Å². The molecule has 4 nitrogen and oxygen atoms in total. The third-order valence-electron chi connectivity index (χ3n) is 3.11. The SMILES string of the molecule is CCC1CCCCN1c1nccc(C#N)n1. The van der Waals surface area contributed by atoms with Crippen LogP contribution in [-0.2, 0) is 0 Å². The van der Waals surface area contributed by atoms with Gasteiger partial charge in [0.1, 0.15) is 11.8 Å². The van der Waals surface area contributed by atoms with Gasteiger partial charge in [-0.25, -0.2) is 9.97 Å². The van der Waals surface area contributed by atoms with Crippen molar-refractivity contribution in [2.24, 2.45) is 0 Å². The molecule has 4 heteroatoms. The Kier molecular flexibility index (Phi) is 3.35. The lowest BCUT2D eigenvalue weighted by atomic mass is 10.0. The molecule has 84 valence electrons. The van der Waals surface area contributed by atoms with Gasteiger partial charge in [0.25, 0.3) is 0 Å². The Bertz CT molecular complexity index is 396. The Balaban J connectivity index is 2.24. The second kappa shape index (κ2) is 4.93. The van der Waals surface area contributed by atoms with Gasteiger partial charge in [-0.3, -0.25) is 0 Å². The maximum atomic E-state index is 8.82. The Morgan fingerprint density at radius 2 is 2.44 bits per heavy atom. The molecule has 16 heavy (non-hydrogen) atoms. The predicted molar refractivity (Wildman–Crippen MR) is 62.0 cm³/mol. The van der Waals surface area contributed by atoms with E-state index in [4.69, 9.17) is 5.26 Å². The van der Waals surface area contributed by atoms with E-state index in [2.05, 4.69) is 27.9 Å². The van der Waals surface area contributed by atoms with E-state index >= 15 is 0 Å². The van der Waals surface area contributed by atoms with Gasteiger partial charge in [0.15, 0.2) is 0 Å². The van der Waals surface area contributed by atoms with Crippen molar-refractivity contribution in [3.05, 3.63) is 18.0 Å². The molecule has 1 aromatic rings. The van der Waals surface area contributed by atoms with Crippen LogP contribution >= 0.6 is 0 Å². The maximum absolute atomic E-state index is 8.82. The summed E-state index contributed by atoms with van der Waals surface area (Å²) in [4.78, 5) is 10.8. The molecule has 0 N–H and O–H groups in total. The van der Waals surface area contributed by atoms with Crippen LogP contribution in [-0.4, -0.2) is 22.6 Å². The summed E-state index contributed by atoms with van der Waals surface area (Å²) in [6, 6.07) is 4.24. The average molecular weight is 216 g/mol. The molecule has 0 aliphatic carbocycles. The molecule has 0 bridgehead atoms. The van der Waals surface area contributed by atoms with Crippen molar-refractivity contribution in [3.63, 3.8) is 0 Å². The highest BCUT2D eigenvalue weighted by molar-refractivity contribution is 5.35. The third-order valence-corrected chi connectivity index (χ3v) is 3.11. The van der Waals surface area contributed by atoms with Crippen molar-refractivity contribution >= 4 is 5.95 Å². The Morgan fingerprint density at radius 3 is 3.19 bits per heavy atom. The lowest BCUT2D eigenvalue weighted by Crippen LogP contribution is -2.40. The van der Waals surface area contributed by atoms with E-state index < -0.39 is 0 Å². The first-order valence-corrected chi connectivity index (χ1v) is 5.85. The molecule has 2 rings (SSSR count). The highest BCUT2D eigenvalue weighted by Gasteiger charge is 2.22. The summed E-state index contributed by atoms with van der Waals surface area (Å²) in [6.07, 6.45) is 6.46. The molecule has 1 saturated heterocycles. The summed E-state index contributed by atoms with van der Waals surface area (Å²) >= 11 is 0. The zero-order valence-electron chi connectivity index (χ0n) is 9.56. The number of hydrogen-bond donors (Lipinski definition) is 0. The number of anilines is 1. The summed E-state index contributed by atoms with van der Waals surface area (Å²) in [7, 11) is 0. The van der Waals surface area contributed by atoms with Gasteiger partial charge in [-0.05, 0) is 31.7 Å². The molecule has 0 radical (unpaired) electrons. The van der Waals surface area contributed by atoms with Crippen LogP contribution in [0.2, 0.25) is 0 Å². The first-order chi connectivity index (χ1) is 7.85. The normalized spacial score (nSPS) is 20.5. The van der Waals surface area contributed by atoms with Crippen molar-refractivity contribution in [1.82, 2.24) is 9.97 Å². The van der Waals surface area contributed by atoms with Crippen LogP contribution in [0.3, 0.4) is 0 Å². The van der Waals surface area contributed by atoms with E-state index in [-0.39, 0.29) is 0 Å². The molecular formula is C12H16N4. The van der Waals surface area contributed by atoms with Crippen molar-refractivity contribution in [1.29, 1.82) is 5.26 Å². The summed E-state index contributed by atoms with van der Waals surface area (Å²) in [5.41, 5.74) is 0.449. The van der Waals surface area contributed by atoms with Crippen LogP contribution < -0.4 is 4.90 Å². The topological polar surface area (TPSA) is 52.8 Å². The standard InChI is InChI=1S/C12H16N4/c1-2-11-5-3-4-8-16(11)12-14-7-6-10(9-13)15-12/h6-7,11H,2-5,8H2,1H3. The van der Waals surface area contributed by atoms with E-state index in [0.717, 1.165) is 13.0 Å². The van der Waals surface area contributed by atoms with E-state index in [9.17, 15) is 0 Å². The monoisotopic (exact) mass is 216 g/mol. The molecule has 2 heterocycles. The van der Waals surface area contributed by atoms with Gasteiger partial charge in [0, 0.05) is 18.8 Å². The minimum atomic E-state index is 0.449. The lowest BCUT2D eigenvalue weighted by molar-refractivity contribution is 0.443. The molecule has 0 spiro atoms. The molecule has 1 aromatic heterocycles. The highest BCUT2D eigenvalue weighted by atomic mass is 15.3. The summed E-state index contributed by atoms with van der Waals surface area (Å²) in [5, 5.41) is 8.82. The van der Waals surface area contributed by atoms with E-state index in [0.29, 0.717) is 17.7 Å². The zero-order chi connectivity index (χ0) is 11.4. The van der Waals surface area contributed by atoms with Crippen LogP contribution in [0.5, 0.6) is 0 Å². The zero-order valence-corrected chi connectivity index (χ0v) is 9.56. The van der Waals surface area contributed by atoms with Gasteiger partial charge in [-0.2, -0.15) is 5.26 Å². The second-order valence-corrected chi connectivity index (χ2v) is 4.10. The lowest BCUT2D eigenvalue weighted by Gasteiger charge is -2.35. The van der Waals surface area contributed by atoms with E-state index in [1.165, 1.54) is 19.3 Å². The molecule has 1 unspecified atom stereocenters. The fraction of sp³-hybridized carbons (Fsp3) is 0.583. The number of piperidine rings is 1. The van der Waals surface area contributed by atoms with Crippen LogP contribution in [0.15, 0.2) is 12.3 Å². The van der Waals surface area contributed by atoms with Crippen LogP contribution in [0, 0.1) is 11.3 Å². The maximum Gasteiger partial charge on any atom is 0.226 e. The fourth-order valence-corrected chi connectivity index (χ4v) is 2.24. The average Bonchev–Trinajstić information content (AvgIpc) is 2.38. The van der Waals surface area contributed by atoms with Crippen molar-refractivity contribution in [2.75, 3.05) is 11.4 Å². The summed E-state index contributed by atoms with van der Waals surface area (Å²) in [5.74, 6) is 0.714. The van der Waals surface area contributed by atoms with Crippen molar-refractivity contribution < 1.29 is 0 Å². The van der Waals surface area contributed by atoms with Crippen LogP contribution in [0.1, 0.15) is 38.3 Å². The number of nitriles is 1. The van der Waals surface area contributed by atoms with Crippen molar-refractivity contribution in [3.8, 4) is 6.07 Å². The van der Waals surface area contributed by atoms with Crippen LogP contribution in [0.4, 0.5) is 5.95 Å². The molecule has 1 aliphatic rings. The van der Waals surface area contributed by atoms with Gasteiger partial charge in [0.2, 0.25) is 5.95 Å². The molecule has 0 aromatic carbocycles. The van der Waals surface area contributed by atoms with Crippen LogP contribution in [0.25, 0.3) is 0 Å². The van der Waals surface area contributed by atoms with Gasteiger partial charge < -0.3 is 4.90 Å². The highest BCUT2D eigenvalue weighted by Crippen LogP contribution is 2.23. The molecular weight excluding hydrogens is 200 g/mol. The quantitative estimate of drug-likeness (QED) is 0.759. The van der Waals surface area contributed by atoms with Gasteiger partial charge in [0.05, 0.1) is 0 Å². The van der Waals surface area contributed by atoms with Crippen molar-refractivity contribution in [2.45, 2.75) is 38.6 Å². The third kappa shape index (κ3) is 2.13. The predicted octanol–water partition coefficient (Wildman–Crippen LogP) is 2.12. The molecule has 1 atom stereocenters. The minimum absolute atomic E-state index is 0.449. The number of aromatic nitrogens is 2. The van der Waals surface area contributed by atoms with Gasteiger partial charge in [-0.1, -0.05) is 6.92 Å². The van der Waals surface area contributed by atoms with Gasteiger partial charge >= 0.3 is 0 Å². The molecule has 1 fully saturated rings. The van der Waals surface area contributed by atoms with Gasteiger partial charge in [-0.15, -0.1) is 0 Å². The second-order valence-electron chi connectivity index (χ2n) is 4.10. The molecule has 0 amide bonds. The number of hydrogen-bond acceptors (Lipinski definition) is 4. The first kappa shape index (κ1) is 10.9. The Hall–Kier alpha value is -1.63. The number of rotatable bonds is 2. The summed E-state index contributed by atoms with van der Waals surface area (Å²) in [6.45, 7) is 3.20. The number of nitrogens with zero attached hydrogens (tertiary/aromatic N) is 4. The Morgan fingerprint density at radius 1 is 1.56 bits per heavy atom. The molecule has 1 aliphatic heterocycles. The molecule has 0 saturated carbocycles. The van der Waals surface area contributed by atoms with E-state index in [1.807, 2.05) is 0 Å². The Labute approximate surface area is 95.9 Å². The fourth-order valence-electron chi connectivity index (χ4n) is 2.24. The smallest absolute Gasteiger partial charge is 0.226 e. The summed E-state index contributed by atoms with van der Waals surface area (Å²) < 4.78 is 0.